The van der Waals surface area contributed by atoms with Crippen LogP contribution in [0, 0.1) is 13.8 Å². The van der Waals surface area contributed by atoms with Gasteiger partial charge in [0.15, 0.2) is 0 Å². The number of allylic oxidation sites excluding steroid dienone is 2. The molecule has 0 unspecified atom stereocenters. The van der Waals surface area contributed by atoms with E-state index in [4.69, 9.17) is 0 Å². The minimum Gasteiger partial charge on any atom is -0.245 e. The van der Waals surface area contributed by atoms with Crippen molar-refractivity contribution in [1.82, 2.24) is 0 Å². The van der Waals surface area contributed by atoms with Crippen molar-refractivity contribution < 1.29 is 21.1 Å². The van der Waals surface area contributed by atoms with Gasteiger partial charge in [0, 0.05) is 0 Å². The monoisotopic (exact) mass is 803 g/mol. The molecular weight excluding hydrogens is 761 g/mol. The summed E-state index contributed by atoms with van der Waals surface area (Å²) in [6, 6.07) is 65.0. The first-order valence-electron chi connectivity index (χ1n) is 14.6. The quantitative estimate of drug-likeness (QED) is 0.117. The van der Waals surface area contributed by atoms with E-state index in [2.05, 4.69) is 209 Å². The summed E-state index contributed by atoms with van der Waals surface area (Å²) in [7, 11) is -1.75. The fourth-order valence-corrected chi connectivity index (χ4v) is 9.78. The Kier molecular flexibility index (Phi) is 18.7. The van der Waals surface area contributed by atoms with Gasteiger partial charge >= 0.3 is 21.1 Å². The first-order chi connectivity index (χ1) is 21.7. The summed E-state index contributed by atoms with van der Waals surface area (Å²) in [6.07, 6.45) is 3.00. The van der Waals surface area contributed by atoms with Crippen molar-refractivity contribution in [2.45, 2.75) is 0 Å². The molecule has 0 aliphatic rings. The molecule has 0 saturated carbocycles. The third-order valence-electron chi connectivity index (χ3n) is 6.37. The summed E-state index contributed by atoms with van der Waals surface area (Å²) < 4.78 is 0. The predicted molar refractivity (Wildman–Crippen MR) is 204 cm³/mol. The first-order valence-corrected chi connectivity index (χ1v) is 17.6. The van der Waals surface area contributed by atoms with Gasteiger partial charge < -0.3 is 0 Å². The Morgan fingerprint density at radius 2 is 0.422 bits per heavy atom. The van der Waals surface area contributed by atoms with Crippen LogP contribution >= 0.6 is 15.8 Å². The zero-order valence-corrected chi connectivity index (χ0v) is 29.9. The normalized spacial score (nSPS) is 9.47. The van der Waals surface area contributed by atoms with Crippen LogP contribution < -0.4 is 31.8 Å². The van der Waals surface area contributed by atoms with Crippen LogP contribution in [-0.2, 0) is 21.1 Å². The van der Waals surface area contributed by atoms with Gasteiger partial charge in [-0.05, 0) is 72.8 Å². The maximum absolute atomic E-state index is 3.25. The van der Waals surface area contributed by atoms with Crippen molar-refractivity contribution in [2.75, 3.05) is 0 Å². The second-order valence-corrected chi connectivity index (χ2v) is 14.5. The number of benzene rings is 6. The van der Waals surface area contributed by atoms with Gasteiger partial charge in [-0.3, -0.25) is 0 Å². The molecule has 0 heterocycles. The Morgan fingerprint density at radius 1 is 0.311 bits per heavy atom. The molecule has 0 saturated heterocycles. The Labute approximate surface area is 288 Å². The third kappa shape index (κ3) is 12.5. The minimum atomic E-state index is -0.877. The van der Waals surface area contributed by atoms with Crippen molar-refractivity contribution in [3.8, 4) is 0 Å². The fraction of sp³-hybridized carbons (Fsp3) is 0. The van der Waals surface area contributed by atoms with E-state index in [9.17, 15) is 0 Å². The van der Waals surface area contributed by atoms with E-state index < -0.39 is 15.8 Å². The van der Waals surface area contributed by atoms with Crippen molar-refractivity contribution >= 4 is 47.7 Å². The largest absolute Gasteiger partial charge is 2.00 e. The standard InChI is InChI=1S/2C18H15P.2C3H5.Pt/c2*1-4-10-16(11-5-1)19(17-12-6-2-7-13-17)18-14-8-3-9-15-18;2*1-3-2;/h2*1-15H;2*3H,1-2H2;/q;;2*-1;+2/p+2. The van der Waals surface area contributed by atoms with Crippen LogP contribution in [0.15, 0.2) is 207 Å². The second kappa shape index (κ2) is 22.6. The zero-order chi connectivity index (χ0) is 31.2. The van der Waals surface area contributed by atoms with Crippen molar-refractivity contribution in [3.63, 3.8) is 0 Å². The molecule has 45 heavy (non-hydrogen) atoms. The van der Waals surface area contributed by atoms with Crippen LogP contribution in [0.4, 0.5) is 0 Å². The average Bonchev–Trinajstić information content (AvgIpc) is 3.09. The SMILES string of the molecule is C=C[CH2-].C=C[CH2-].[Pt+2].c1ccc([PH+](c2ccccc2)c2ccccc2)cc1.c1ccc([PH+](c2ccccc2)c2ccccc2)cc1. The first kappa shape index (κ1) is 37.3. The van der Waals surface area contributed by atoms with E-state index in [0.29, 0.717) is 0 Å². The topological polar surface area (TPSA) is 0 Å². The molecule has 0 spiro atoms. The maximum atomic E-state index is 3.25. The van der Waals surface area contributed by atoms with Gasteiger partial charge in [-0.2, -0.15) is 0 Å². The summed E-state index contributed by atoms with van der Waals surface area (Å²) >= 11 is 0. The second-order valence-electron chi connectivity index (χ2n) is 9.52. The molecule has 3 heteroatoms. The van der Waals surface area contributed by atoms with Crippen molar-refractivity contribution in [1.29, 1.82) is 0 Å². The summed E-state index contributed by atoms with van der Waals surface area (Å²) in [5.41, 5.74) is 0. The molecule has 0 amide bonds. The number of hydrogen-bond donors (Lipinski definition) is 0. The maximum Gasteiger partial charge on any atom is 2.00 e. The molecule has 228 valence electrons. The van der Waals surface area contributed by atoms with Gasteiger partial charge in [0.25, 0.3) is 0 Å². The van der Waals surface area contributed by atoms with E-state index in [1.165, 1.54) is 44.0 Å². The Bertz CT molecular complexity index is 1260. The zero-order valence-electron chi connectivity index (χ0n) is 25.6. The smallest absolute Gasteiger partial charge is 0.245 e. The predicted octanol–water partition coefficient (Wildman–Crippen LogP) is 8.36. The molecular formula is C42H42P2Pt+2. The van der Waals surface area contributed by atoms with E-state index in [1.807, 2.05) is 0 Å². The molecule has 0 N–H and O–H groups in total. The average molecular weight is 804 g/mol. The molecule has 0 fully saturated rings. The van der Waals surface area contributed by atoms with Gasteiger partial charge in [0.05, 0.1) is 15.8 Å². The van der Waals surface area contributed by atoms with Crippen molar-refractivity contribution in [3.05, 3.63) is 221 Å². The van der Waals surface area contributed by atoms with Crippen LogP contribution in [0.1, 0.15) is 0 Å². The van der Waals surface area contributed by atoms with Crippen LogP contribution in [-0.4, -0.2) is 0 Å². The van der Waals surface area contributed by atoms with Crippen LogP contribution in [0.5, 0.6) is 0 Å². The Balaban J connectivity index is 0.000000262. The number of rotatable bonds is 6. The van der Waals surface area contributed by atoms with E-state index >= 15 is 0 Å². The van der Waals surface area contributed by atoms with Gasteiger partial charge in [-0.1, -0.05) is 109 Å². The summed E-state index contributed by atoms with van der Waals surface area (Å²) in [4.78, 5) is 0. The third-order valence-corrected chi connectivity index (χ3v) is 11.8. The summed E-state index contributed by atoms with van der Waals surface area (Å²) in [6.45, 7) is 13.0. The summed E-state index contributed by atoms with van der Waals surface area (Å²) in [5, 5.41) is 8.61. The van der Waals surface area contributed by atoms with Gasteiger partial charge in [-0.15, -0.1) is 0 Å². The van der Waals surface area contributed by atoms with E-state index in [0.717, 1.165) is 0 Å². The number of hydrogen-bond acceptors (Lipinski definition) is 0. The Hall–Kier alpha value is -3.91. The molecule has 0 bridgehead atoms. The molecule has 0 aromatic heterocycles. The van der Waals surface area contributed by atoms with Gasteiger partial charge in [0.1, 0.15) is 31.8 Å². The van der Waals surface area contributed by atoms with E-state index in [1.54, 1.807) is 0 Å². The molecule has 0 nitrogen and oxygen atoms in total. The summed E-state index contributed by atoms with van der Waals surface area (Å²) in [5.74, 6) is 0. The molecule has 6 aromatic rings. The van der Waals surface area contributed by atoms with Crippen molar-refractivity contribution in [2.24, 2.45) is 0 Å². The fourth-order valence-electron chi connectivity index (χ4n) is 4.63. The molecule has 0 atom stereocenters. The van der Waals surface area contributed by atoms with Crippen LogP contribution in [0.2, 0.25) is 0 Å². The molecule has 0 aliphatic heterocycles. The molecule has 6 rings (SSSR count). The van der Waals surface area contributed by atoms with Gasteiger partial charge in [-0.25, -0.2) is 39.2 Å². The van der Waals surface area contributed by atoms with Crippen LogP contribution in [0.25, 0.3) is 0 Å². The van der Waals surface area contributed by atoms with E-state index in [-0.39, 0.29) is 21.1 Å². The molecule has 6 aromatic carbocycles. The van der Waals surface area contributed by atoms with Crippen LogP contribution in [0.3, 0.4) is 0 Å². The minimum absolute atomic E-state index is 0. The Morgan fingerprint density at radius 3 is 0.533 bits per heavy atom. The molecule has 0 aliphatic carbocycles. The van der Waals surface area contributed by atoms with Gasteiger partial charge in [0.2, 0.25) is 0 Å². The molecule has 0 radical (unpaired) electrons.